The third-order valence-electron chi connectivity index (χ3n) is 3.77. The Hall–Kier alpha value is -2.66. The molecule has 2 aromatic carbocycles. The Balaban J connectivity index is 1.83. The summed E-state index contributed by atoms with van der Waals surface area (Å²) in [4.78, 5) is 19.0. The molecule has 25 heavy (non-hydrogen) atoms. The van der Waals surface area contributed by atoms with Crippen LogP contribution in [0.5, 0.6) is 0 Å². The molecule has 3 aromatic rings. The van der Waals surface area contributed by atoms with Crippen molar-refractivity contribution in [2.24, 2.45) is 0 Å². The van der Waals surface area contributed by atoms with Crippen LogP contribution < -0.4 is 10.2 Å². The minimum atomic E-state index is -0.157. The number of carbonyl (C=O) groups excluding carboxylic acids is 1. The summed E-state index contributed by atoms with van der Waals surface area (Å²) in [6.07, 6.45) is 1.66. The van der Waals surface area contributed by atoms with Crippen LogP contribution in [0.2, 0.25) is 0 Å². The molecule has 0 spiro atoms. The van der Waals surface area contributed by atoms with Gasteiger partial charge in [-0.15, -0.1) is 0 Å². The number of para-hydroxylation sites is 1. The van der Waals surface area contributed by atoms with Crippen LogP contribution in [0.4, 0.5) is 17.2 Å². The van der Waals surface area contributed by atoms with Gasteiger partial charge in [0, 0.05) is 34.2 Å². The number of hydrogen-bond acceptors (Lipinski definition) is 3. The maximum absolute atomic E-state index is 12.5. The Morgan fingerprint density at radius 3 is 2.48 bits per heavy atom. The number of hydrogen-bond donors (Lipinski definition) is 1. The number of rotatable bonds is 5. The van der Waals surface area contributed by atoms with Crippen LogP contribution in [0.1, 0.15) is 17.3 Å². The monoisotopic (exact) mass is 395 g/mol. The first-order chi connectivity index (χ1) is 12.2. The fourth-order valence-corrected chi connectivity index (χ4v) is 2.79. The third kappa shape index (κ3) is 4.25. The van der Waals surface area contributed by atoms with Crippen molar-refractivity contribution < 1.29 is 4.79 Å². The molecule has 3 rings (SSSR count). The molecule has 0 saturated heterocycles. The van der Waals surface area contributed by atoms with Crippen molar-refractivity contribution in [3.05, 3.63) is 83.0 Å². The van der Waals surface area contributed by atoms with Gasteiger partial charge in [0.1, 0.15) is 5.82 Å². The first-order valence-corrected chi connectivity index (χ1v) is 8.82. The maximum Gasteiger partial charge on any atom is 0.255 e. The second-order valence-corrected chi connectivity index (χ2v) is 6.36. The molecule has 4 nitrogen and oxygen atoms in total. The van der Waals surface area contributed by atoms with E-state index in [2.05, 4.69) is 38.1 Å². The standard InChI is InChI=1S/C20H18BrN3O/c1-2-24(18-6-4-3-5-7-18)19-14-15(12-13-22-19)20(25)23-17-10-8-16(21)9-11-17/h3-14H,2H2,1H3,(H,23,25). The van der Waals surface area contributed by atoms with Gasteiger partial charge in [0.05, 0.1) is 0 Å². The Morgan fingerprint density at radius 2 is 1.80 bits per heavy atom. The lowest BCUT2D eigenvalue weighted by Crippen LogP contribution is -2.19. The molecule has 1 aromatic heterocycles. The second kappa shape index (κ2) is 7.94. The number of pyridine rings is 1. The van der Waals surface area contributed by atoms with E-state index in [1.807, 2.05) is 60.7 Å². The fourth-order valence-electron chi connectivity index (χ4n) is 2.53. The van der Waals surface area contributed by atoms with E-state index in [9.17, 15) is 4.79 Å². The smallest absolute Gasteiger partial charge is 0.255 e. The molecule has 0 aliphatic heterocycles. The number of anilines is 3. The molecule has 0 unspecified atom stereocenters. The molecule has 0 radical (unpaired) electrons. The van der Waals surface area contributed by atoms with E-state index in [1.54, 1.807) is 12.3 Å². The van der Waals surface area contributed by atoms with E-state index >= 15 is 0 Å². The van der Waals surface area contributed by atoms with Crippen LogP contribution in [-0.2, 0) is 0 Å². The summed E-state index contributed by atoms with van der Waals surface area (Å²) in [5.41, 5.74) is 2.37. The van der Waals surface area contributed by atoms with E-state index < -0.39 is 0 Å². The predicted octanol–water partition coefficient (Wildman–Crippen LogP) is 5.25. The van der Waals surface area contributed by atoms with Gasteiger partial charge in [-0.3, -0.25) is 4.79 Å². The molecule has 1 amide bonds. The molecule has 0 fully saturated rings. The van der Waals surface area contributed by atoms with Gasteiger partial charge in [-0.1, -0.05) is 34.1 Å². The van der Waals surface area contributed by atoms with Gasteiger partial charge >= 0.3 is 0 Å². The molecular weight excluding hydrogens is 378 g/mol. The van der Waals surface area contributed by atoms with Gasteiger partial charge < -0.3 is 10.2 Å². The number of amides is 1. The highest BCUT2D eigenvalue weighted by Gasteiger charge is 2.12. The predicted molar refractivity (Wildman–Crippen MR) is 105 cm³/mol. The number of aromatic nitrogens is 1. The van der Waals surface area contributed by atoms with Crippen molar-refractivity contribution in [3.8, 4) is 0 Å². The zero-order valence-corrected chi connectivity index (χ0v) is 15.4. The molecule has 0 atom stereocenters. The molecular formula is C20H18BrN3O. The zero-order valence-electron chi connectivity index (χ0n) is 13.8. The van der Waals surface area contributed by atoms with Crippen molar-refractivity contribution in [3.63, 3.8) is 0 Å². The van der Waals surface area contributed by atoms with Crippen LogP contribution >= 0.6 is 15.9 Å². The van der Waals surface area contributed by atoms with Gasteiger partial charge in [-0.25, -0.2) is 4.98 Å². The summed E-state index contributed by atoms with van der Waals surface area (Å²) in [5.74, 6) is 0.590. The Kier molecular flexibility index (Phi) is 5.46. The number of benzene rings is 2. The van der Waals surface area contributed by atoms with Crippen LogP contribution in [0.3, 0.4) is 0 Å². The number of nitrogens with zero attached hydrogens (tertiary/aromatic N) is 2. The second-order valence-electron chi connectivity index (χ2n) is 5.44. The molecule has 1 heterocycles. The minimum absolute atomic E-state index is 0.157. The summed E-state index contributed by atoms with van der Waals surface area (Å²) >= 11 is 3.39. The molecule has 0 aliphatic rings. The van der Waals surface area contributed by atoms with Crippen LogP contribution in [0.25, 0.3) is 0 Å². The highest BCUT2D eigenvalue weighted by atomic mass is 79.9. The number of nitrogens with one attached hydrogen (secondary N) is 1. The summed E-state index contributed by atoms with van der Waals surface area (Å²) in [5, 5.41) is 2.90. The van der Waals surface area contributed by atoms with Crippen LogP contribution in [0, 0.1) is 0 Å². The molecule has 126 valence electrons. The van der Waals surface area contributed by atoms with Crippen LogP contribution in [-0.4, -0.2) is 17.4 Å². The third-order valence-corrected chi connectivity index (χ3v) is 4.30. The number of halogens is 1. The summed E-state index contributed by atoms with van der Waals surface area (Å²) in [6, 6.07) is 21.0. The summed E-state index contributed by atoms with van der Waals surface area (Å²) in [7, 11) is 0. The van der Waals surface area contributed by atoms with E-state index in [1.165, 1.54) is 0 Å². The molecule has 1 N–H and O–H groups in total. The summed E-state index contributed by atoms with van der Waals surface area (Å²) < 4.78 is 0.971. The lowest BCUT2D eigenvalue weighted by atomic mass is 10.2. The average molecular weight is 396 g/mol. The molecule has 0 aliphatic carbocycles. The molecule has 0 bridgehead atoms. The van der Waals surface area contributed by atoms with E-state index in [4.69, 9.17) is 0 Å². The first kappa shape index (κ1) is 17.2. The van der Waals surface area contributed by atoms with Gasteiger partial charge in [-0.05, 0) is 55.5 Å². The largest absolute Gasteiger partial charge is 0.327 e. The van der Waals surface area contributed by atoms with Crippen molar-refractivity contribution in [2.45, 2.75) is 6.92 Å². The first-order valence-electron chi connectivity index (χ1n) is 8.03. The lowest BCUT2D eigenvalue weighted by Gasteiger charge is -2.22. The topological polar surface area (TPSA) is 45.2 Å². The summed E-state index contributed by atoms with van der Waals surface area (Å²) in [6.45, 7) is 2.82. The molecule has 0 saturated carbocycles. The quantitative estimate of drug-likeness (QED) is 0.640. The average Bonchev–Trinajstić information content (AvgIpc) is 2.65. The van der Waals surface area contributed by atoms with Gasteiger partial charge in [0.15, 0.2) is 0 Å². The molecule has 5 heteroatoms. The Labute approximate surface area is 155 Å². The Morgan fingerprint density at radius 1 is 1.08 bits per heavy atom. The fraction of sp³-hybridized carbons (Fsp3) is 0.100. The highest BCUT2D eigenvalue weighted by molar-refractivity contribution is 9.10. The van der Waals surface area contributed by atoms with E-state index in [0.29, 0.717) is 5.56 Å². The highest BCUT2D eigenvalue weighted by Crippen LogP contribution is 2.24. The van der Waals surface area contributed by atoms with E-state index in [0.717, 1.165) is 28.2 Å². The SMILES string of the molecule is CCN(c1ccccc1)c1cc(C(=O)Nc2ccc(Br)cc2)ccn1. The van der Waals surface area contributed by atoms with Gasteiger partial charge in [0.2, 0.25) is 0 Å². The normalized spacial score (nSPS) is 10.3. The van der Waals surface area contributed by atoms with Crippen LogP contribution in [0.15, 0.2) is 77.4 Å². The number of carbonyl (C=O) groups is 1. The van der Waals surface area contributed by atoms with Crippen molar-refractivity contribution >= 4 is 39.0 Å². The maximum atomic E-state index is 12.5. The van der Waals surface area contributed by atoms with Gasteiger partial charge in [0.25, 0.3) is 5.91 Å². The van der Waals surface area contributed by atoms with Gasteiger partial charge in [-0.2, -0.15) is 0 Å². The minimum Gasteiger partial charge on any atom is -0.327 e. The zero-order chi connectivity index (χ0) is 17.6. The lowest BCUT2D eigenvalue weighted by molar-refractivity contribution is 0.102. The van der Waals surface area contributed by atoms with Crippen molar-refractivity contribution in [2.75, 3.05) is 16.8 Å². The van der Waals surface area contributed by atoms with E-state index in [-0.39, 0.29) is 5.91 Å². The van der Waals surface area contributed by atoms with Crippen molar-refractivity contribution in [1.82, 2.24) is 4.98 Å². The Bertz CT molecular complexity index is 850. The van der Waals surface area contributed by atoms with Crippen molar-refractivity contribution in [1.29, 1.82) is 0 Å².